The first-order valence-corrected chi connectivity index (χ1v) is 8.22. The van der Waals surface area contributed by atoms with Crippen LogP contribution in [0.15, 0.2) is 47.5 Å². The van der Waals surface area contributed by atoms with Crippen molar-refractivity contribution in [1.29, 1.82) is 0 Å². The lowest BCUT2D eigenvalue weighted by Crippen LogP contribution is -2.22. The first-order chi connectivity index (χ1) is 11.2. The minimum atomic E-state index is -0.220. The Labute approximate surface area is 137 Å². The number of ether oxygens (including phenoxy) is 1. The van der Waals surface area contributed by atoms with E-state index in [1.165, 1.54) is 30.5 Å². The minimum absolute atomic E-state index is 0.220. The highest BCUT2D eigenvalue weighted by molar-refractivity contribution is 6.14. The van der Waals surface area contributed by atoms with Gasteiger partial charge in [0.05, 0.1) is 18.9 Å². The van der Waals surface area contributed by atoms with Crippen LogP contribution in [0.3, 0.4) is 0 Å². The van der Waals surface area contributed by atoms with Gasteiger partial charge in [-0.05, 0) is 60.9 Å². The van der Waals surface area contributed by atoms with Gasteiger partial charge in [-0.1, -0.05) is 19.8 Å². The summed E-state index contributed by atoms with van der Waals surface area (Å²) in [6, 6.07) is 13.0. The number of nitrogens with zero attached hydrogens (tertiary/aromatic N) is 1. The van der Waals surface area contributed by atoms with E-state index in [4.69, 9.17) is 9.73 Å². The van der Waals surface area contributed by atoms with Gasteiger partial charge in [-0.3, -0.25) is 4.99 Å². The molecule has 0 radical (unpaired) electrons. The molecule has 2 aromatic carbocycles. The van der Waals surface area contributed by atoms with Crippen LogP contribution in [-0.4, -0.2) is 18.9 Å². The Morgan fingerprint density at radius 1 is 1.17 bits per heavy atom. The van der Waals surface area contributed by atoms with E-state index in [1.54, 1.807) is 7.11 Å². The smallest absolute Gasteiger partial charge is 0.123 e. The molecule has 0 fully saturated rings. The molecule has 0 saturated carbocycles. The van der Waals surface area contributed by atoms with Crippen molar-refractivity contribution in [2.24, 2.45) is 4.99 Å². The Morgan fingerprint density at radius 3 is 2.65 bits per heavy atom. The van der Waals surface area contributed by atoms with E-state index in [9.17, 15) is 4.39 Å². The van der Waals surface area contributed by atoms with Gasteiger partial charge in [0.2, 0.25) is 0 Å². The van der Waals surface area contributed by atoms with Gasteiger partial charge in [0.15, 0.2) is 0 Å². The monoisotopic (exact) mass is 311 g/mol. The molecule has 2 aromatic rings. The summed E-state index contributed by atoms with van der Waals surface area (Å²) in [5.74, 6) is 0.654. The molecule has 1 atom stereocenters. The highest BCUT2D eigenvalue weighted by Gasteiger charge is 2.22. The summed E-state index contributed by atoms with van der Waals surface area (Å²) >= 11 is 0. The number of fused-ring (bicyclic) bond motifs is 1. The molecule has 0 saturated heterocycles. The maximum atomic E-state index is 13.2. The molecule has 3 heteroatoms. The van der Waals surface area contributed by atoms with Gasteiger partial charge in [-0.2, -0.15) is 0 Å². The molecule has 0 bridgehead atoms. The molecule has 0 N–H and O–H groups in total. The molecule has 0 spiro atoms. The van der Waals surface area contributed by atoms with Gasteiger partial charge in [0.1, 0.15) is 11.6 Å². The van der Waals surface area contributed by atoms with Crippen LogP contribution in [0.1, 0.15) is 42.9 Å². The maximum Gasteiger partial charge on any atom is 0.123 e. The van der Waals surface area contributed by atoms with Crippen molar-refractivity contribution in [2.45, 2.75) is 38.6 Å². The van der Waals surface area contributed by atoms with Gasteiger partial charge < -0.3 is 4.74 Å². The summed E-state index contributed by atoms with van der Waals surface area (Å²) in [7, 11) is 1.69. The van der Waals surface area contributed by atoms with Crippen molar-refractivity contribution in [3.63, 3.8) is 0 Å². The highest BCUT2D eigenvalue weighted by Crippen LogP contribution is 2.28. The van der Waals surface area contributed by atoms with Crippen LogP contribution in [0, 0.1) is 5.82 Å². The molecular weight excluding hydrogens is 289 g/mol. The van der Waals surface area contributed by atoms with E-state index in [2.05, 4.69) is 19.1 Å². The molecule has 1 aliphatic rings. The highest BCUT2D eigenvalue weighted by atomic mass is 19.1. The van der Waals surface area contributed by atoms with Crippen molar-refractivity contribution in [2.75, 3.05) is 7.11 Å². The van der Waals surface area contributed by atoms with Crippen LogP contribution in [0.5, 0.6) is 5.75 Å². The third kappa shape index (κ3) is 3.44. The van der Waals surface area contributed by atoms with Gasteiger partial charge in [-0.15, -0.1) is 0 Å². The predicted molar refractivity (Wildman–Crippen MR) is 92.1 cm³/mol. The fourth-order valence-electron chi connectivity index (χ4n) is 3.09. The second-order valence-corrected chi connectivity index (χ2v) is 6.01. The lowest BCUT2D eigenvalue weighted by molar-refractivity contribution is 0.414. The molecule has 0 amide bonds. The number of methoxy groups -OCH3 is 1. The SMILES string of the molecule is CCCCC1Cc2cc(OC)ccc2C(c2ccc(F)cc2)=N1. The molecule has 0 aliphatic carbocycles. The average Bonchev–Trinajstić information content (AvgIpc) is 2.59. The summed E-state index contributed by atoms with van der Waals surface area (Å²) in [6.45, 7) is 2.20. The summed E-state index contributed by atoms with van der Waals surface area (Å²) in [4.78, 5) is 4.97. The number of benzene rings is 2. The van der Waals surface area contributed by atoms with Gasteiger partial charge in [0.25, 0.3) is 0 Å². The summed E-state index contributed by atoms with van der Waals surface area (Å²) in [5.41, 5.74) is 4.33. The zero-order chi connectivity index (χ0) is 16.2. The van der Waals surface area contributed by atoms with E-state index in [0.29, 0.717) is 0 Å². The number of hydrogen-bond acceptors (Lipinski definition) is 2. The normalized spacial score (nSPS) is 16.7. The second kappa shape index (κ2) is 6.95. The first kappa shape index (κ1) is 15.7. The van der Waals surface area contributed by atoms with Crippen LogP contribution in [0.4, 0.5) is 4.39 Å². The Balaban J connectivity index is 2.02. The van der Waals surface area contributed by atoms with Crippen LogP contribution in [-0.2, 0) is 6.42 Å². The Bertz CT molecular complexity index is 706. The molecule has 120 valence electrons. The number of halogens is 1. The fraction of sp³-hybridized carbons (Fsp3) is 0.350. The van der Waals surface area contributed by atoms with E-state index >= 15 is 0 Å². The zero-order valence-electron chi connectivity index (χ0n) is 13.7. The topological polar surface area (TPSA) is 21.6 Å². The summed E-state index contributed by atoms with van der Waals surface area (Å²) in [6.07, 6.45) is 4.36. The fourth-order valence-corrected chi connectivity index (χ4v) is 3.09. The van der Waals surface area contributed by atoms with Crippen LogP contribution >= 0.6 is 0 Å². The van der Waals surface area contributed by atoms with Crippen molar-refractivity contribution >= 4 is 5.71 Å². The maximum absolute atomic E-state index is 13.2. The lowest BCUT2D eigenvalue weighted by atomic mass is 9.88. The van der Waals surface area contributed by atoms with Crippen LogP contribution in [0.2, 0.25) is 0 Å². The van der Waals surface area contributed by atoms with E-state index in [1.807, 2.05) is 18.2 Å². The first-order valence-electron chi connectivity index (χ1n) is 8.22. The van der Waals surface area contributed by atoms with Crippen molar-refractivity contribution in [1.82, 2.24) is 0 Å². The number of unbranched alkanes of at least 4 members (excludes halogenated alkanes) is 1. The third-order valence-corrected chi connectivity index (χ3v) is 4.34. The Morgan fingerprint density at radius 2 is 1.96 bits per heavy atom. The quantitative estimate of drug-likeness (QED) is 0.778. The number of rotatable bonds is 5. The Kier molecular flexibility index (Phi) is 4.75. The molecule has 1 unspecified atom stereocenters. The molecule has 2 nitrogen and oxygen atoms in total. The minimum Gasteiger partial charge on any atom is -0.497 e. The van der Waals surface area contributed by atoms with Crippen LogP contribution < -0.4 is 4.74 Å². The number of hydrogen-bond donors (Lipinski definition) is 0. The van der Waals surface area contributed by atoms with Gasteiger partial charge in [-0.25, -0.2) is 4.39 Å². The average molecular weight is 311 g/mol. The standard InChI is InChI=1S/C20H22FNO/c1-3-4-5-17-12-15-13-18(23-2)10-11-19(15)20(22-17)14-6-8-16(21)9-7-14/h6-11,13,17H,3-5,12H2,1-2H3. The largest absolute Gasteiger partial charge is 0.497 e. The molecule has 23 heavy (non-hydrogen) atoms. The molecule has 0 aromatic heterocycles. The van der Waals surface area contributed by atoms with Crippen molar-refractivity contribution < 1.29 is 9.13 Å². The predicted octanol–water partition coefficient (Wildman–Crippen LogP) is 4.79. The Hall–Kier alpha value is -2.16. The summed E-state index contributed by atoms with van der Waals surface area (Å²) in [5, 5.41) is 0. The van der Waals surface area contributed by atoms with Gasteiger partial charge in [0, 0.05) is 11.1 Å². The van der Waals surface area contributed by atoms with Crippen LogP contribution in [0.25, 0.3) is 0 Å². The zero-order valence-corrected chi connectivity index (χ0v) is 13.7. The molecule has 1 heterocycles. The second-order valence-electron chi connectivity index (χ2n) is 6.01. The number of aliphatic imine (C=N–C) groups is 1. The van der Waals surface area contributed by atoms with E-state index in [0.717, 1.165) is 35.4 Å². The lowest BCUT2D eigenvalue weighted by Gasteiger charge is -2.24. The van der Waals surface area contributed by atoms with Crippen molar-refractivity contribution in [3.8, 4) is 5.75 Å². The molecular formula is C20H22FNO. The van der Waals surface area contributed by atoms with Gasteiger partial charge >= 0.3 is 0 Å². The third-order valence-electron chi connectivity index (χ3n) is 4.34. The summed E-state index contributed by atoms with van der Waals surface area (Å²) < 4.78 is 18.6. The van der Waals surface area contributed by atoms with Crippen molar-refractivity contribution in [3.05, 3.63) is 65.0 Å². The molecule has 1 aliphatic heterocycles. The van der Waals surface area contributed by atoms with E-state index in [-0.39, 0.29) is 11.9 Å². The van der Waals surface area contributed by atoms with E-state index < -0.39 is 0 Å². The molecule has 3 rings (SSSR count).